The Labute approximate surface area is 295 Å². The SMILES string of the molecule is c1ccc(-c2ccc(N(c3ccc4c5c6ccccc6ccc5n(-c5ccccc5)c4c3)c3cccc4nc(-c5ccccc5)oc34)cc2)cc1. The van der Waals surface area contributed by atoms with E-state index in [4.69, 9.17) is 9.40 Å². The summed E-state index contributed by atoms with van der Waals surface area (Å²) in [5.74, 6) is 0.601. The van der Waals surface area contributed by atoms with Gasteiger partial charge in [-0.05, 0) is 88.6 Å². The summed E-state index contributed by atoms with van der Waals surface area (Å²) in [5, 5.41) is 4.93. The van der Waals surface area contributed by atoms with Crippen molar-refractivity contribution in [2.45, 2.75) is 0 Å². The molecule has 0 saturated carbocycles. The molecule has 0 N–H and O–H groups in total. The van der Waals surface area contributed by atoms with Crippen LogP contribution in [0.4, 0.5) is 17.1 Å². The van der Waals surface area contributed by atoms with Crippen LogP contribution in [-0.4, -0.2) is 9.55 Å². The highest BCUT2D eigenvalue weighted by atomic mass is 16.3. The third-order valence-electron chi connectivity index (χ3n) is 9.80. The van der Waals surface area contributed by atoms with Crippen molar-refractivity contribution in [1.82, 2.24) is 9.55 Å². The van der Waals surface area contributed by atoms with Crippen LogP contribution in [0.2, 0.25) is 0 Å². The number of hydrogen-bond donors (Lipinski definition) is 0. The van der Waals surface area contributed by atoms with E-state index in [-0.39, 0.29) is 0 Å². The second-order valence-corrected chi connectivity index (χ2v) is 12.8. The molecule has 0 spiro atoms. The van der Waals surface area contributed by atoms with Gasteiger partial charge in [0.2, 0.25) is 5.89 Å². The van der Waals surface area contributed by atoms with Crippen molar-refractivity contribution in [3.8, 4) is 28.3 Å². The molecule has 240 valence electrons. The van der Waals surface area contributed by atoms with E-state index in [2.05, 4.69) is 161 Å². The Morgan fingerprint density at radius 1 is 0.471 bits per heavy atom. The molecule has 0 bridgehead atoms. The molecule has 0 atom stereocenters. The van der Waals surface area contributed by atoms with Crippen molar-refractivity contribution < 1.29 is 4.42 Å². The van der Waals surface area contributed by atoms with Gasteiger partial charge in [-0.2, -0.15) is 0 Å². The van der Waals surface area contributed by atoms with Crippen LogP contribution < -0.4 is 4.90 Å². The van der Waals surface area contributed by atoms with Crippen molar-refractivity contribution >= 4 is 60.7 Å². The van der Waals surface area contributed by atoms with Crippen molar-refractivity contribution in [1.29, 1.82) is 0 Å². The lowest BCUT2D eigenvalue weighted by atomic mass is 10.0. The molecule has 2 heterocycles. The summed E-state index contributed by atoms with van der Waals surface area (Å²) in [6.45, 7) is 0. The Bertz CT molecular complexity index is 2840. The minimum Gasteiger partial charge on any atom is -0.434 e. The van der Waals surface area contributed by atoms with Gasteiger partial charge in [0.25, 0.3) is 0 Å². The monoisotopic (exact) mass is 653 g/mol. The smallest absolute Gasteiger partial charge is 0.227 e. The molecule has 4 heteroatoms. The van der Waals surface area contributed by atoms with E-state index >= 15 is 0 Å². The summed E-state index contributed by atoms with van der Waals surface area (Å²) in [7, 11) is 0. The highest BCUT2D eigenvalue weighted by molar-refractivity contribution is 6.21. The number of fused-ring (bicyclic) bond motifs is 6. The van der Waals surface area contributed by atoms with Gasteiger partial charge in [-0.1, -0.05) is 121 Å². The maximum Gasteiger partial charge on any atom is 0.227 e. The Hall–Kier alpha value is -6.91. The topological polar surface area (TPSA) is 34.2 Å². The number of benzene rings is 8. The number of para-hydroxylation sites is 2. The second-order valence-electron chi connectivity index (χ2n) is 12.8. The lowest BCUT2D eigenvalue weighted by molar-refractivity contribution is 0.620. The Morgan fingerprint density at radius 2 is 1.14 bits per heavy atom. The van der Waals surface area contributed by atoms with Crippen LogP contribution in [0.25, 0.3) is 71.9 Å². The van der Waals surface area contributed by atoms with E-state index in [0.717, 1.165) is 50.5 Å². The zero-order valence-electron chi connectivity index (χ0n) is 27.6. The summed E-state index contributed by atoms with van der Waals surface area (Å²) in [4.78, 5) is 7.22. The van der Waals surface area contributed by atoms with Gasteiger partial charge in [-0.15, -0.1) is 0 Å². The maximum atomic E-state index is 6.62. The van der Waals surface area contributed by atoms with E-state index in [9.17, 15) is 0 Å². The first-order chi connectivity index (χ1) is 25.3. The minimum atomic E-state index is 0.601. The van der Waals surface area contributed by atoms with Gasteiger partial charge >= 0.3 is 0 Å². The first kappa shape index (κ1) is 29.0. The van der Waals surface area contributed by atoms with Crippen molar-refractivity contribution in [3.05, 3.63) is 188 Å². The predicted molar refractivity (Wildman–Crippen MR) is 211 cm³/mol. The lowest BCUT2D eigenvalue weighted by Gasteiger charge is -2.26. The van der Waals surface area contributed by atoms with Gasteiger partial charge in [-0.3, -0.25) is 0 Å². The Balaban J connectivity index is 1.23. The molecule has 10 aromatic rings. The fraction of sp³-hybridized carbons (Fsp3) is 0. The van der Waals surface area contributed by atoms with E-state index in [0.29, 0.717) is 5.89 Å². The van der Waals surface area contributed by atoms with Gasteiger partial charge in [0.15, 0.2) is 5.58 Å². The van der Waals surface area contributed by atoms with Crippen LogP contribution in [-0.2, 0) is 0 Å². The predicted octanol–water partition coefficient (Wildman–Crippen LogP) is 12.9. The highest BCUT2D eigenvalue weighted by Gasteiger charge is 2.22. The Morgan fingerprint density at radius 3 is 1.92 bits per heavy atom. The van der Waals surface area contributed by atoms with Crippen LogP contribution in [0.5, 0.6) is 0 Å². The van der Waals surface area contributed by atoms with Crippen molar-refractivity contribution in [2.24, 2.45) is 0 Å². The fourth-order valence-corrected chi connectivity index (χ4v) is 7.45. The highest BCUT2D eigenvalue weighted by Crippen LogP contribution is 2.44. The van der Waals surface area contributed by atoms with E-state index in [1.165, 1.54) is 32.6 Å². The Kier molecular flexibility index (Phi) is 6.78. The molecular formula is C47H31N3O. The molecule has 0 unspecified atom stereocenters. The number of nitrogens with zero attached hydrogens (tertiary/aromatic N) is 3. The zero-order chi connectivity index (χ0) is 33.7. The molecule has 0 fully saturated rings. The average molecular weight is 654 g/mol. The van der Waals surface area contributed by atoms with Crippen LogP contribution in [0.1, 0.15) is 0 Å². The maximum absolute atomic E-state index is 6.62. The summed E-state index contributed by atoms with van der Waals surface area (Å²) in [6.07, 6.45) is 0. The molecule has 0 aliphatic heterocycles. The summed E-state index contributed by atoms with van der Waals surface area (Å²) in [6, 6.07) is 66.2. The van der Waals surface area contributed by atoms with Crippen LogP contribution in [0.3, 0.4) is 0 Å². The van der Waals surface area contributed by atoms with Crippen LogP contribution >= 0.6 is 0 Å². The molecule has 51 heavy (non-hydrogen) atoms. The number of aromatic nitrogens is 2. The van der Waals surface area contributed by atoms with Crippen LogP contribution in [0, 0.1) is 0 Å². The molecule has 0 radical (unpaired) electrons. The van der Waals surface area contributed by atoms with E-state index < -0.39 is 0 Å². The lowest BCUT2D eigenvalue weighted by Crippen LogP contribution is -2.10. The number of hydrogen-bond acceptors (Lipinski definition) is 3. The number of oxazole rings is 1. The molecule has 8 aromatic carbocycles. The van der Waals surface area contributed by atoms with Crippen molar-refractivity contribution in [2.75, 3.05) is 4.90 Å². The molecule has 0 aliphatic carbocycles. The first-order valence-electron chi connectivity index (χ1n) is 17.2. The molecule has 0 saturated heterocycles. The third-order valence-corrected chi connectivity index (χ3v) is 9.80. The van der Waals surface area contributed by atoms with Crippen LogP contribution in [0.15, 0.2) is 192 Å². The molecule has 4 nitrogen and oxygen atoms in total. The quantitative estimate of drug-likeness (QED) is 0.179. The summed E-state index contributed by atoms with van der Waals surface area (Å²) < 4.78 is 9.01. The second kappa shape index (κ2) is 11.9. The summed E-state index contributed by atoms with van der Waals surface area (Å²) >= 11 is 0. The van der Waals surface area contributed by atoms with Gasteiger partial charge in [0, 0.05) is 33.4 Å². The number of rotatable bonds is 6. The molecule has 0 aliphatic rings. The molecule has 0 amide bonds. The van der Waals surface area contributed by atoms with Gasteiger partial charge in [-0.25, -0.2) is 4.98 Å². The normalized spacial score (nSPS) is 11.5. The third kappa shape index (κ3) is 4.88. The number of anilines is 3. The minimum absolute atomic E-state index is 0.601. The summed E-state index contributed by atoms with van der Waals surface area (Å²) in [5.41, 5.74) is 11.2. The van der Waals surface area contributed by atoms with E-state index in [1.807, 2.05) is 36.4 Å². The van der Waals surface area contributed by atoms with Gasteiger partial charge in [0.05, 0.1) is 16.7 Å². The zero-order valence-corrected chi connectivity index (χ0v) is 27.6. The van der Waals surface area contributed by atoms with Crippen molar-refractivity contribution in [3.63, 3.8) is 0 Å². The molecular weight excluding hydrogens is 623 g/mol. The van der Waals surface area contributed by atoms with E-state index in [1.54, 1.807) is 0 Å². The van der Waals surface area contributed by atoms with Gasteiger partial charge in [0.1, 0.15) is 5.52 Å². The first-order valence-corrected chi connectivity index (χ1v) is 17.2. The molecule has 10 rings (SSSR count). The largest absolute Gasteiger partial charge is 0.434 e. The van der Waals surface area contributed by atoms with Gasteiger partial charge < -0.3 is 13.9 Å². The average Bonchev–Trinajstić information content (AvgIpc) is 3.80. The fourth-order valence-electron chi connectivity index (χ4n) is 7.45. The standard InChI is InChI=1S/C47H31N3O/c1-4-13-32(14-5-1)33-23-26-37(27-24-33)49(43-22-12-21-41-46(43)51-47(48-41)35-16-6-2-7-17-35)38-28-29-40-44(31-38)50(36-18-8-3-9-19-36)42-30-25-34-15-10-11-20-39(34)45(40)42/h1-31H. The molecule has 2 aromatic heterocycles.